The van der Waals surface area contributed by atoms with E-state index in [0.717, 1.165) is 17.4 Å². The summed E-state index contributed by atoms with van der Waals surface area (Å²) in [6, 6.07) is 2.60. The van der Waals surface area contributed by atoms with Crippen LogP contribution in [0.5, 0.6) is 0 Å². The lowest BCUT2D eigenvalue weighted by atomic mass is 10.2. The van der Waals surface area contributed by atoms with Gasteiger partial charge in [-0.1, -0.05) is 0 Å². The van der Waals surface area contributed by atoms with Crippen LogP contribution in [0.3, 0.4) is 0 Å². The lowest BCUT2D eigenvalue weighted by Gasteiger charge is -1.99. The van der Waals surface area contributed by atoms with E-state index in [9.17, 15) is 9.18 Å². The van der Waals surface area contributed by atoms with Gasteiger partial charge in [0.15, 0.2) is 13.7 Å². The Morgan fingerprint density at radius 1 is 1.60 bits per heavy atom. The quantitative estimate of drug-likeness (QED) is 0.533. The molecule has 15 heavy (non-hydrogen) atoms. The van der Waals surface area contributed by atoms with Crippen molar-refractivity contribution in [2.24, 2.45) is 0 Å². The summed E-state index contributed by atoms with van der Waals surface area (Å²) in [6.45, 7) is 0. The molecule has 6 heteroatoms. The molecule has 0 N–H and O–H groups in total. The number of aromatic nitrogens is 1. The number of carbonyl (C=O) groups excluding carboxylic acids is 1. The Balaban J connectivity index is 2.66. The number of hydrogen-bond donors (Lipinski definition) is 0. The first-order chi connectivity index (χ1) is 7.11. The van der Waals surface area contributed by atoms with Gasteiger partial charge in [0.2, 0.25) is 0 Å². The first kappa shape index (κ1) is 10.1. The standard InChI is InChI=1S/C9H5BFNO2S/c1-14-8(13)4-2-5(11)7-6(3-4)15-9(10)12-7/h2-3H,1H3. The maximum atomic E-state index is 13.4. The van der Waals surface area contributed by atoms with Crippen molar-refractivity contribution in [1.29, 1.82) is 0 Å². The van der Waals surface area contributed by atoms with E-state index in [2.05, 4.69) is 9.72 Å². The van der Waals surface area contributed by atoms with E-state index in [1.165, 1.54) is 13.2 Å². The molecule has 2 rings (SSSR count). The average molecular weight is 221 g/mol. The highest BCUT2D eigenvalue weighted by atomic mass is 32.1. The van der Waals surface area contributed by atoms with Crippen molar-refractivity contribution in [2.75, 3.05) is 7.11 Å². The first-order valence-corrected chi connectivity index (χ1v) is 4.87. The molecular formula is C9H5BFNO2S. The zero-order valence-electron chi connectivity index (χ0n) is 7.78. The highest BCUT2D eigenvalue weighted by Crippen LogP contribution is 2.21. The Labute approximate surface area is 90.3 Å². The molecule has 2 radical (unpaired) electrons. The number of fused-ring (bicyclic) bond motifs is 1. The van der Waals surface area contributed by atoms with Crippen LogP contribution in [-0.2, 0) is 4.74 Å². The van der Waals surface area contributed by atoms with Gasteiger partial charge in [0.1, 0.15) is 5.52 Å². The van der Waals surface area contributed by atoms with Crippen LogP contribution in [0.1, 0.15) is 10.4 Å². The van der Waals surface area contributed by atoms with Crippen LogP contribution in [0, 0.1) is 5.82 Å². The van der Waals surface area contributed by atoms with Gasteiger partial charge in [-0.3, -0.25) is 4.98 Å². The summed E-state index contributed by atoms with van der Waals surface area (Å²) in [5.74, 6) is -1.15. The predicted molar refractivity (Wildman–Crippen MR) is 56.3 cm³/mol. The zero-order valence-corrected chi connectivity index (χ0v) is 8.60. The number of thiazole rings is 1. The number of ether oxygens (including phenoxy) is 1. The molecule has 0 spiro atoms. The third-order valence-electron chi connectivity index (χ3n) is 1.89. The summed E-state index contributed by atoms with van der Waals surface area (Å²) in [5, 5.41) is 0. The molecule has 0 aliphatic carbocycles. The lowest BCUT2D eigenvalue weighted by molar-refractivity contribution is 0.0600. The maximum absolute atomic E-state index is 13.4. The monoisotopic (exact) mass is 221 g/mol. The van der Waals surface area contributed by atoms with Crippen LogP contribution in [0.15, 0.2) is 12.1 Å². The highest BCUT2D eigenvalue weighted by molar-refractivity contribution is 7.25. The van der Waals surface area contributed by atoms with Crippen molar-refractivity contribution >= 4 is 40.3 Å². The van der Waals surface area contributed by atoms with Gasteiger partial charge >= 0.3 is 5.97 Å². The molecule has 3 nitrogen and oxygen atoms in total. The van der Waals surface area contributed by atoms with Crippen LogP contribution < -0.4 is 4.91 Å². The molecule has 1 aromatic carbocycles. The largest absolute Gasteiger partial charge is 0.465 e. The highest BCUT2D eigenvalue weighted by Gasteiger charge is 2.12. The van der Waals surface area contributed by atoms with Crippen molar-refractivity contribution in [3.05, 3.63) is 23.5 Å². The fraction of sp³-hybridized carbons (Fsp3) is 0.111. The molecule has 74 valence electrons. The molecular weight excluding hydrogens is 216 g/mol. The first-order valence-electron chi connectivity index (χ1n) is 4.05. The molecule has 2 aromatic rings. The Kier molecular flexibility index (Phi) is 2.44. The Bertz CT molecular complexity index is 540. The van der Waals surface area contributed by atoms with Gasteiger partial charge in [-0.2, -0.15) is 0 Å². The van der Waals surface area contributed by atoms with Crippen LogP contribution in [0.4, 0.5) is 4.39 Å². The van der Waals surface area contributed by atoms with E-state index in [1.54, 1.807) is 0 Å². The Morgan fingerprint density at radius 3 is 3.00 bits per heavy atom. The number of benzene rings is 1. The summed E-state index contributed by atoms with van der Waals surface area (Å²) in [5.41, 5.74) is 0.344. The fourth-order valence-corrected chi connectivity index (χ4v) is 2.03. The van der Waals surface area contributed by atoms with E-state index in [4.69, 9.17) is 7.85 Å². The van der Waals surface area contributed by atoms with E-state index < -0.39 is 11.8 Å². The van der Waals surface area contributed by atoms with Crippen LogP contribution in [0.25, 0.3) is 10.2 Å². The number of rotatable bonds is 1. The minimum Gasteiger partial charge on any atom is -0.465 e. The number of esters is 1. The minimum absolute atomic E-state index is 0.158. The molecule has 0 bridgehead atoms. The normalized spacial score (nSPS) is 10.5. The molecule has 1 heterocycles. The molecule has 0 fully saturated rings. The van der Waals surface area contributed by atoms with Gasteiger partial charge in [-0.15, -0.1) is 11.3 Å². The van der Waals surface area contributed by atoms with Crippen molar-refractivity contribution in [2.45, 2.75) is 0 Å². The smallest absolute Gasteiger partial charge is 0.338 e. The second-order valence-corrected chi connectivity index (χ2v) is 3.91. The van der Waals surface area contributed by atoms with Gasteiger partial charge in [0, 0.05) is 4.91 Å². The third-order valence-corrected chi connectivity index (χ3v) is 2.72. The van der Waals surface area contributed by atoms with Crippen molar-refractivity contribution in [1.82, 2.24) is 4.98 Å². The SMILES string of the molecule is [B]c1nc2c(F)cc(C(=O)OC)cc2s1. The van der Waals surface area contributed by atoms with E-state index >= 15 is 0 Å². The summed E-state index contributed by atoms with van der Waals surface area (Å²) < 4.78 is 18.5. The van der Waals surface area contributed by atoms with Crippen molar-refractivity contribution in [3.8, 4) is 0 Å². The minimum atomic E-state index is -0.581. The molecule has 0 saturated heterocycles. The van der Waals surface area contributed by atoms with Gasteiger partial charge in [-0.05, 0) is 12.1 Å². The summed E-state index contributed by atoms with van der Waals surface area (Å²) in [6.07, 6.45) is 0. The third kappa shape index (κ3) is 1.72. The fourth-order valence-electron chi connectivity index (χ4n) is 1.24. The number of nitrogens with zero attached hydrogens (tertiary/aromatic N) is 1. The summed E-state index contributed by atoms with van der Waals surface area (Å²) >= 11 is 1.13. The average Bonchev–Trinajstić information content (AvgIpc) is 2.58. The van der Waals surface area contributed by atoms with E-state index in [-0.39, 0.29) is 16.0 Å². The van der Waals surface area contributed by atoms with Crippen LogP contribution in [0.2, 0.25) is 0 Å². The molecule has 0 saturated carbocycles. The van der Waals surface area contributed by atoms with Crippen molar-refractivity contribution in [3.63, 3.8) is 0 Å². The number of methoxy groups -OCH3 is 1. The molecule has 0 aliphatic heterocycles. The van der Waals surface area contributed by atoms with Gasteiger partial charge in [0.25, 0.3) is 0 Å². The molecule has 0 amide bonds. The second kappa shape index (κ2) is 3.62. The number of halogens is 1. The molecule has 0 unspecified atom stereocenters. The Morgan fingerprint density at radius 2 is 2.33 bits per heavy atom. The zero-order chi connectivity index (χ0) is 11.0. The van der Waals surface area contributed by atoms with Crippen LogP contribution in [-0.4, -0.2) is 25.9 Å². The summed E-state index contributed by atoms with van der Waals surface area (Å²) in [7, 11) is 6.68. The lowest BCUT2D eigenvalue weighted by Crippen LogP contribution is -2.01. The topological polar surface area (TPSA) is 39.2 Å². The molecule has 0 aliphatic rings. The number of hydrogen-bond acceptors (Lipinski definition) is 4. The Hall–Kier alpha value is -1.43. The van der Waals surface area contributed by atoms with E-state index in [1.807, 2.05) is 0 Å². The van der Waals surface area contributed by atoms with Gasteiger partial charge in [0.05, 0.1) is 17.4 Å². The number of carbonyl (C=O) groups is 1. The summed E-state index contributed by atoms with van der Waals surface area (Å²) in [4.78, 5) is 15.3. The van der Waals surface area contributed by atoms with E-state index in [0.29, 0.717) is 4.70 Å². The van der Waals surface area contributed by atoms with Crippen molar-refractivity contribution < 1.29 is 13.9 Å². The van der Waals surface area contributed by atoms with Gasteiger partial charge in [-0.25, -0.2) is 9.18 Å². The maximum Gasteiger partial charge on any atom is 0.338 e. The predicted octanol–water partition coefficient (Wildman–Crippen LogP) is 1.02. The van der Waals surface area contributed by atoms with Gasteiger partial charge < -0.3 is 4.74 Å². The molecule has 0 atom stereocenters. The van der Waals surface area contributed by atoms with Crippen LogP contribution >= 0.6 is 11.3 Å². The second-order valence-electron chi connectivity index (χ2n) is 2.85. The molecule has 1 aromatic heterocycles.